The quantitative estimate of drug-likeness (QED) is 0.671. The third kappa shape index (κ3) is 3.31. The molecule has 0 N–H and O–H groups in total. The van der Waals surface area contributed by atoms with E-state index in [4.69, 9.17) is 0 Å². The Morgan fingerprint density at radius 3 is 2.64 bits per heavy atom. The first-order valence-corrected chi connectivity index (χ1v) is 10.9. The Morgan fingerprint density at radius 1 is 1.14 bits per heavy atom. The van der Waals surface area contributed by atoms with Gasteiger partial charge in [0.25, 0.3) is 0 Å². The van der Waals surface area contributed by atoms with Gasteiger partial charge in [-0.05, 0) is 44.9 Å². The van der Waals surface area contributed by atoms with Gasteiger partial charge in [0.2, 0.25) is 10.0 Å². The average molecular weight is 402 g/mol. The lowest BCUT2D eigenvalue weighted by Crippen LogP contribution is -2.36. The van der Waals surface area contributed by atoms with E-state index in [9.17, 15) is 12.8 Å². The fraction of sp³-hybridized carbons (Fsp3) is 0.400. The number of halogens is 1. The highest BCUT2D eigenvalue weighted by molar-refractivity contribution is 7.89. The van der Waals surface area contributed by atoms with E-state index < -0.39 is 10.0 Å². The second kappa shape index (κ2) is 7.25. The first kappa shape index (κ1) is 19.0. The first-order chi connectivity index (χ1) is 13.4. The number of hydrogen-bond acceptors (Lipinski definition) is 4. The SMILES string of the molecule is Cc1nn(Cc2cc(F)cc3cccnc23)c(C)c1S(=O)(=O)N1CCCCC1. The normalized spacial score (nSPS) is 16.0. The summed E-state index contributed by atoms with van der Waals surface area (Å²) in [5.74, 6) is -0.349. The highest BCUT2D eigenvalue weighted by Gasteiger charge is 2.31. The molecule has 6 nitrogen and oxygen atoms in total. The van der Waals surface area contributed by atoms with Gasteiger partial charge in [-0.25, -0.2) is 12.8 Å². The number of pyridine rings is 1. The third-order valence-electron chi connectivity index (χ3n) is 5.30. The number of aryl methyl sites for hydroxylation is 1. The van der Waals surface area contributed by atoms with Crippen molar-refractivity contribution in [2.45, 2.75) is 44.6 Å². The van der Waals surface area contributed by atoms with E-state index in [2.05, 4.69) is 10.1 Å². The van der Waals surface area contributed by atoms with Crippen molar-refractivity contribution >= 4 is 20.9 Å². The van der Waals surface area contributed by atoms with Crippen LogP contribution >= 0.6 is 0 Å². The number of fused-ring (bicyclic) bond motifs is 1. The topological polar surface area (TPSA) is 68.1 Å². The summed E-state index contributed by atoms with van der Waals surface area (Å²) in [5, 5.41) is 5.17. The summed E-state index contributed by atoms with van der Waals surface area (Å²) in [6.45, 7) is 4.82. The molecule has 0 spiro atoms. The van der Waals surface area contributed by atoms with E-state index in [1.807, 2.05) is 6.07 Å². The molecule has 4 rings (SSSR count). The molecule has 3 heterocycles. The summed E-state index contributed by atoms with van der Waals surface area (Å²) in [6.07, 6.45) is 4.49. The minimum absolute atomic E-state index is 0.257. The zero-order valence-corrected chi connectivity index (χ0v) is 16.8. The molecule has 0 saturated carbocycles. The van der Waals surface area contributed by atoms with Gasteiger partial charge in [0.05, 0.1) is 23.4 Å². The van der Waals surface area contributed by atoms with E-state index in [-0.39, 0.29) is 17.3 Å². The van der Waals surface area contributed by atoms with E-state index >= 15 is 0 Å². The van der Waals surface area contributed by atoms with Crippen LogP contribution in [0.3, 0.4) is 0 Å². The molecule has 1 fully saturated rings. The zero-order chi connectivity index (χ0) is 19.9. The van der Waals surface area contributed by atoms with Crippen molar-refractivity contribution in [1.29, 1.82) is 0 Å². The molecular weight excluding hydrogens is 379 g/mol. The Morgan fingerprint density at radius 2 is 1.89 bits per heavy atom. The zero-order valence-electron chi connectivity index (χ0n) is 16.0. The van der Waals surface area contributed by atoms with E-state index in [0.29, 0.717) is 40.9 Å². The second-order valence-electron chi connectivity index (χ2n) is 7.26. The van der Waals surface area contributed by atoms with Gasteiger partial charge in [0.15, 0.2) is 0 Å². The molecule has 1 saturated heterocycles. The van der Waals surface area contributed by atoms with Gasteiger partial charge in [-0.2, -0.15) is 9.40 Å². The molecule has 0 atom stereocenters. The maximum absolute atomic E-state index is 14.1. The highest BCUT2D eigenvalue weighted by Crippen LogP contribution is 2.27. The molecule has 1 aliphatic rings. The fourth-order valence-corrected chi connectivity index (χ4v) is 5.84. The Bertz CT molecular complexity index is 1130. The van der Waals surface area contributed by atoms with Crippen molar-refractivity contribution < 1.29 is 12.8 Å². The third-order valence-corrected chi connectivity index (χ3v) is 7.45. The van der Waals surface area contributed by atoms with E-state index in [1.54, 1.807) is 35.1 Å². The largest absolute Gasteiger partial charge is 0.264 e. The standard InChI is InChI=1S/C20H23FN4O2S/c1-14-20(28(26,27)24-9-4-3-5-10-24)15(2)25(23-14)13-17-12-18(21)11-16-7-6-8-22-19(16)17/h6-8,11-12H,3-5,9-10,13H2,1-2H3. The molecule has 0 bridgehead atoms. The molecule has 1 aliphatic heterocycles. The van der Waals surface area contributed by atoms with Crippen LogP contribution in [-0.2, 0) is 16.6 Å². The molecule has 0 aliphatic carbocycles. The Kier molecular flexibility index (Phi) is 4.93. The van der Waals surface area contributed by atoms with Crippen molar-refractivity contribution in [2.75, 3.05) is 13.1 Å². The summed E-state index contributed by atoms with van der Waals surface area (Å²) in [6, 6.07) is 6.45. The van der Waals surface area contributed by atoms with Crippen LogP contribution in [0, 0.1) is 19.7 Å². The second-order valence-corrected chi connectivity index (χ2v) is 9.14. The van der Waals surface area contributed by atoms with Crippen LogP contribution in [0.4, 0.5) is 4.39 Å². The van der Waals surface area contributed by atoms with Crippen molar-refractivity contribution in [1.82, 2.24) is 19.1 Å². The molecule has 0 unspecified atom stereocenters. The summed E-state index contributed by atoms with van der Waals surface area (Å²) in [4.78, 5) is 4.63. The lowest BCUT2D eigenvalue weighted by Gasteiger charge is -2.26. The molecule has 1 aromatic carbocycles. The number of aromatic nitrogens is 3. The summed E-state index contributed by atoms with van der Waals surface area (Å²) in [5.41, 5.74) is 2.40. The van der Waals surface area contributed by atoms with Gasteiger partial charge < -0.3 is 0 Å². The van der Waals surface area contributed by atoms with Crippen LogP contribution in [0.1, 0.15) is 36.2 Å². The predicted molar refractivity (Wildman–Crippen MR) is 105 cm³/mol. The van der Waals surface area contributed by atoms with Crippen LogP contribution in [0.5, 0.6) is 0 Å². The van der Waals surface area contributed by atoms with Gasteiger partial charge in [0, 0.05) is 30.2 Å². The van der Waals surface area contributed by atoms with Gasteiger partial charge in [-0.15, -0.1) is 0 Å². The minimum Gasteiger partial charge on any atom is -0.264 e. The van der Waals surface area contributed by atoms with Crippen LogP contribution in [0.2, 0.25) is 0 Å². The predicted octanol–water partition coefficient (Wildman–Crippen LogP) is 3.41. The molecule has 0 radical (unpaired) electrons. The van der Waals surface area contributed by atoms with Gasteiger partial charge >= 0.3 is 0 Å². The molecular formula is C20H23FN4O2S. The number of rotatable bonds is 4. The monoisotopic (exact) mass is 402 g/mol. The Labute approximate surface area is 164 Å². The summed E-state index contributed by atoms with van der Waals surface area (Å²) >= 11 is 0. The van der Waals surface area contributed by atoms with E-state index in [0.717, 1.165) is 19.3 Å². The smallest absolute Gasteiger partial charge is 0.246 e. The first-order valence-electron chi connectivity index (χ1n) is 9.45. The van der Waals surface area contributed by atoms with Crippen molar-refractivity contribution in [3.8, 4) is 0 Å². The molecule has 3 aromatic rings. The number of piperidine rings is 1. The lowest BCUT2D eigenvalue weighted by molar-refractivity contribution is 0.346. The molecule has 28 heavy (non-hydrogen) atoms. The van der Waals surface area contributed by atoms with Crippen LogP contribution in [0.25, 0.3) is 10.9 Å². The van der Waals surface area contributed by atoms with Gasteiger partial charge in [0.1, 0.15) is 10.7 Å². The Balaban J connectivity index is 1.75. The Hall–Kier alpha value is -2.32. The average Bonchev–Trinajstić information content (AvgIpc) is 2.96. The minimum atomic E-state index is -3.59. The highest BCUT2D eigenvalue weighted by atomic mass is 32.2. The molecule has 8 heteroatoms. The van der Waals surface area contributed by atoms with E-state index in [1.165, 1.54) is 12.1 Å². The van der Waals surface area contributed by atoms with Crippen molar-refractivity contribution in [3.05, 3.63) is 53.2 Å². The lowest BCUT2D eigenvalue weighted by atomic mass is 10.1. The molecule has 0 amide bonds. The van der Waals surface area contributed by atoms with Crippen LogP contribution < -0.4 is 0 Å². The van der Waals surface area contributed by atoms with Crippen LogP contribution in [0.15, 0.2) is 35.4 Å². The number of nitrogens with zero attached hydrogens (tertiary/aromatic N) is 4. The maximum atomic E-state index is 14.1. The summed E-state index contributed by atoms with van der Waals surface area (Å²) in [7, 11) is -3.59. The van der Waals surface area contributed by atoms with Crippen molar-refractivity contribution in [2.24, 2.45) is 0 Å². The number of sulfonamides is 1. The number of benzene rings is 1. The molecule has 2 aromatic heterocycles. The summed E-state index contributed by atoms with van der Waals surface area (Å²) < 4.78 is 43.6. The van der Waals surface area contributed by atoms with Gasteiger partial charge in [-0.3, -0.25) is 9.67 Å². The van der Waals surface area contributed by atoms with Gasteiger partial charge in [-0.1, -0.05) is 12.5 Å². The van der Waals surface area contributed by atoms with Crippen LogP contribution in [-0.4, -0.2) is 40.6 Å². The number of hydrogen-bond donors (Lipinski definition) is 0. The van der Waals surface area contributed by atoms with Crippen molar-refractivity contribution in [3.63, 3.8) is 0 Å². The maximum Gasteiger partial charge on any atom is 0.246 e. The fourth-order valence-electron chi connectivity index (χ4n) is 3.95. The molecule has 148 valence electrons.